The first-order valence-corrected chi connectivity index (χ1v) is 6.34. The second kappa shape index (κ2) is 5.24. The maximum atomic E-state index is 11.9. The number of anilines is 1. The van der Waals surface area contributed by atoms with Crippen molar-refractivity contribution in [1.29, 1.82) is 0 Å². The van der Waals surface area contributed by atoms with E-state index in [2.05, 4.69) is 10.3 Å². The number of hydrogen-bond acceptors (Lipinski definition) is 3. The van der Waals surface area contributed by atoms with E-state index in [0.29, 0.717) is 6.61 Å². The van der Waals surface area contributed by atoms with Crippen molar-refractivity contribution in [2.24, 2.45) is 0 Å². The minimum absolute atomic E-state index is 0.0621. The number of aromatic nitrogens is 2. The molecule has 1 unspecified atom stereocenters. The summed E-state index contributed by atoms with van der Waals surface area (Å²) in [6, 6.07) is 7.63. The Hall–Kier alpha value is -2.14. The van der Waals surface area contributed by atoms with Crippen molar-refractivity contribution in [2.75, 3.05) is 11.9 Å². The summed E-state index contributed by atoms with van der Waals surface area (Å²) in [7, 11) is 0. The van der Waals surface area contributed by atoms with Crippen LogP contribution in [0.1, 0.15) is 12.8 Å². The minimum Gasteiger partial charge on any atom is -0.368 e. The van der Waals surface area contributed by atoms with E-state index in [9.17, 15) is 4.79 Å². The number of benzene rings is 1. The Labute approximate surface area is 111 Å². The molecule has 0 spiro atoms. The largest absolute Gasteiger partial charge is 0.368 e. The van der Waals surface area contributed by atoms with Crippen molar-refractivity contribution < 1.29 is 9.53 Å². The van der Waals surface area contributed by atoms with Gasteiger partial charge in [0.05, 0.1) is 6.33 Å². The Morgan fingerprint density at radius 3 is 2.84 bits per heavy atom. The molecular weight excluding hydrogens is 242 g/mol. The molecule has 98 valence electrons. The van der Waals surface area contributed by atoms with Gasteiger partial charge in [-0.2, -0.15) is 0 Å². The maximum Gasteiger partial charge on any atom is 0.253 e. The standard InChI is InChI=1S/C14H15N3O2/c18-14(13-2-1-9-19-13)16-11-3-5-12(6-4-11)17-8-7-15-10-17/h3-8,10,13H,1-2,9H2,(H,16,18). The number of imidazole rings is 1. The molecule has 1 aliphatic heterocycles. The molecule has 1 aliphatic rings. The molecule has 1 N–H and O–H groups in total. The summed E-state index contributed by atoms with van der Waals surface area (Å²) in [5, 5.41) is 2.87. The quantitative estimate of drug-likeness (QED) is 0.914. The fourth-order valence-electron chi connectivity index (χ4n) is 2.14. The normalized spacial score (nSPS) is 18.4. The van der Waals surface area contributed by atoms with Crippen molar-refractivity contribution >= 4 is 11.6 Å². The number of hydrogen-bond donors (Lipinski definition) is 1. The first-order chi connectivity index (χ1) is 9.33. The number of ether oxygens (including phenoxy) is 1. The number of rotatable bonds is 3. The average molecular weight is 257 g/mol. The zero-order valence-electron chi connectivity index (χ0n) is 10.5. The van der Waals surface area contributed by atoms with Gasteiger partial charge < -0.3 is 14.6 Å². The van der Waals surface area contributed by atoms with Crippen molar-refractivity contribution in [3.63, 3.8) is 0 Å². The van der Waals surface area contributed by atoms with Crippen LogP contribution < -0.4 is 5.32 Å². The molecule has 0 aliphatic carbocycles. The van der Waals surface area contributed by atoms with Gasteiger partial charge in [-0.1, -0.05) is 0 Å². The molecule has 0 radical (unpaired) electrons. The van der Waals surface area contributed by atoms with Gasteiger partial charge in [0.15, 0.2) is 0 Å². The predicted molar refractivity (Wildman–Crippen MR) is 71.2 cm³/mol. The smallest absolute Gasteiger partial charge is 0.253 e. The first-order valence-electron chi connectivity index (χ1n) is 6.34. The lowest BCUT2D eigenvalue weighted by molar-refractivity contribution is -0.124. The van der Waals surface area contributed by atoms with Gasteiger partial charge in [0.1, 0.15) is 6.10 Å². The highest BCUT2D eigenvalue weighted by Gasteiger charge is 2.23. The zero-order valence-corrected chi connectivity index (χ0v) is 10.5. The minimum atomic E-state index is -0.298. The summed E-state index contributed by atoms with van der Waals surface area (Å²) in [5.41, 5.74) is 1.79. The lowest BCUT2D eigenvalue weighted by atomic mass is 10.2. The summed E-state index contributed by atoms with van der Waals surface area (Å²) < 4.78 is 7.25. The van der Waals surface area contributed by atoms with Gasteiger partial charge in [0.2, 0.25) is 0 Å². The Balaban J connectivity index is 1.67. The van der Waals surface area contributed by atoms with Gasteiger partial charge in [0.25, 0.3) is 5.91 Å². The summed E-state index contributed by atoms with van der Waals surface area (Å²) in [5.74, 6) is -0.0621. The van der Waals surface area contributed by atoms with E-state index in [1.54, 1.807) is 12.5 Å². The van der Waals surface area contributed by atoms with Crippen LogP contribution in [0, 0.1) is 0 Å². The number of nitrogens with one attached hydrogen (secondary N) is 1. The Bertz CT molecular complexity index is 543. The van der Waals surface area contributed by atoms with E-state index in [1.807, 2.05) is 35.0 Å². The van der Waals surface area contributed by atoms with Gasteiger partial charge in [0, 0.05) is 30.4 Å². The van der Waals surface area contributed by atoms with Gasteiger partial charge in [-0.3, -0.25) is 4.79 Å². The van der Waals surface area contributed by atoms with Crippen LogP contribution in [0.5, 0.6) is 0 Å². The molecule has 19 heavy (non-hydrogen) atoms. The molecule has 0 saturated carbocycles. The van der Waals surface area contributed by atoms with Gasteiger partial charge in [-0.15, -0.1) is 0 Å². The maximum absolute atomic E-state index is 11.9. The topological polar surface area (TPSA) is 56.2 Å². The highest BCUT2D eigenvalue weighted by Crippen LogP contribution is 2.16. The molecule has 1 aromatic heterocycles. The van der Waals surface area contributed by atoms with Crippen LogP contribution in [0.15, 0.2) is 43.0 Å². The van der Waals surface area contributed by atoms with E-state index >= 15 is 0 Å². The Morgan fingerprint density at radius 1 is 1.37 bits per heavy atom. The number of amides is 1. The summed E-state index contributed by atoms with van der Waals surface area (Å²) >= 11 is 0. The summed E-state index contributed by atoms with van der Waals surface area (Å²) in [4.78, 5) is 15.9. The second-order valence-electron chi connectivity index (χ2n) is 4.51. The SMILES string of the molecule is O=C(Nc1ccc(-n2ccnc2)cc1)C1CCCO1. The third-order valence-corrected chi connectivity index (χ3v) is 3.16. The van der Waals surface area contributed by atoms with Gasteiger partial charge >= 0.3 is 0 Å². The molecule has 5 heteroatoms. The van der Waals surface area contributed by atoms with E-state index in [0.717, 1.165) is 24.2 Å². The van der Waals surface area contributed by atoms with E-state index in [-0.39, 0.29) is 12.0 Å². The van der Waals surface area contributed by atoms with Crippen LogP contribution in [-0.2, 0) is 9.53 Å². The third kappa shape index (κ3) is 2.66. The van der Waals surface area contributed by atoms with Gasteiger partial charge in [-0.05, 0) is 37.1 Å². The predicted octanol–water partition coefficient (Wildman–Crippen LogP) is 1.99. The lowest BCUT2D eigenvalue weighted by Gasteiger charge is -2.11. The fourth-order valence-corrected chi connectivity index (χ4v) is 2.14. The zero-order chi connectivity index (χ0) is 13.1. The third-order valence-electron chi connectivity index (χ3n) is 3.16. The Kier molecular flexibility index (Phi) is 3.29. The second-order valence-corrected chi connectivity index (χ2v) is 4.51. The monoisotopic (exact) mass is 257 g/mol. The molecule has 1 fully saturated rings. The molecule has 0 bridgehead atoms. The first kappa shape index (κ1) is 11.9. The molecular formula is C14H15N3O2. The van der Waals surface area contributed by atoms with E-state index in [4.69, 9.17) is 4.74 Å². The van der Waals surface area contributed by atoms with Crippen molar-refractivity contribution in [2.45, 2.75) is 18.9 Å². The highest BCUT2D eigenvalue weighted by atomic mass is 16.5. The molecule has 5 nitrogen and oxygen atoms in total. The molecule has 3 rings (SSSR count). The van der Waals surface area contributed by atoms with Crippen LogP contribution in [0.4, 0.5) is 5.69 Å². The Morgan fingerprint density at radius 2 is 2.21 bits per heavy atom. The summed E-state index contributed by atoms with van der Waals surface area (Å²) in [6.07, 6.45) is 6.80. The van der Waals surface area contributed by atoms with E-state index < -0.39 is 0 Å². The molecule has 1 amide bonds. The van der Waals surface area contributed by atoms with Crippen LogP contribution >= 0.6 is 0 Å². The summed E-state index contributed by atoms with van der Waals surface area (Å²) in [6.45, 7) is 0.678. The van der Waals surface area contributed by atoms with Crippen molar-refractivity contribution in [3.05, 3.63) is 43.0 Å². The molecule has 1 aromatic carbocycles. The number of nitrogens with zero attached hydrogens (tertiary/aromatic N) is 2. The molecule has 2 aromatic rings. The van der Waals surface area contributed by atoms with Crippen LogP contribution in [0.3, 0.4) is 0 Å². The number of carbonyl (C=O) groups excluding carboxylic acids is 1. The van der Waals surface area contributed by atoms with Crippen LogP contribution in [0.25, 0.3) is 5.69 Å². The van der Waals surface area contributed by atoms with Gasteiger partial charge in [-0.25, -0.2) is 4.98 Å². The molecule has 1 atom stereocenters. The number of carbonyl (C=O) groups is 1. The lowest BCUT2D eigenvalue weighted by Crippen LogP contribution is -2.26. The molecule has 1 saturated heterocycles. The average Bonchev–Trinajstić information content (AvgIpc) is 3.13. The highest BCUT2D eigenvalue weighted by molar-refractivity contribution is 5.94. The van der Waals surface area contributed by atoms with Crippen LogP contribution in [-0.4, -0.2) is 28.2 Å². The van der Waals surface area contributed by atoms with E-state index in [1.165, 1.54) is 0 Å². The van der Waals surface area contributed by atoms with Crippen LogP contribution in [0.2, 0.25) is 0 Å². The molecule has 2 heterocycles. The van der Waals surface area contributed by atoms with Crippen molar-refractivity contribution in [3.8, 4) is 5.69 Å². The van der Waals surface area contributed by atoms with Crippen molar-refractivity contribution in [1.82, 2.24) is 9.55 Å². The fraction of sp³-hybridized carbons (Fsp3) is 0.286.